The van der Waals surface area contributed by atoms with E-state index in [9.17, 15) is 4.79 Å². The van der Waals surface area contributed by atoms with Crippen LogP contribution in [0.25, 0.3) is 0 Å². The molecule has 0 aliphatic heterocycles. The summed E-state index contributed by atoms with van der Waals surface area (Å²) < 4.78 is 6.05. The van der Waals surface area contributed by atoms with Crippen LogP contribution in [0.3, 0.4) is 0 Å². The summed E-state index contributed by atoms with van der Waals surface area (Å²) in [4.78, 5) is 13.0. The van der Waals surface area contributed by atoms with Gasteiger partial charge in [-0.1, -0.05) is 23.6 Å². The second kappa shape index (κ2) is 7.72. The SMILES string of the molecule is C#CCOc1cccc(NC(=O)CCc2ccc(Cl)s2)c1. The number of ether oxygens (including phenoxy) is 1. The van der Waals surface area contributed by atoms with Gasteiger partial charge in [0.15, 0.2) is 0 Å². The summed E-state index contributed by atoms with van der Waals surface area (Å²) in [6, 6.07) is 10.9. The molecule has 0 spiro atoms. The fourth-order valence-electron chi connectivity index (χ4n) is 1.73. The van der Waals surface area contributed by atoms with Crippen LogP contribution in [0.2, 0.25) is 4.34 Å². The van der Waals surface area contributed by atoms with E-state index < -0.39 is 0 Å². The zero-order valence-corrected chi connectivity index (χ0v) is 12.8. The summed E-state index contributed by atoms with van der Waals surface area (Å²) in [5.74, 6) is 2.99. The van der Waals surface area contributed by atoms with Crippen molar-refractivity contribution >= 4 is 34.5 Å². The predicted molar refractivity (Wildman–Crippen MR) is 87.0 cm³/mol. The van der Waals surface area contributed by atoms with Crippen LogP contribution in [0.4, 0.5) is 5.69 Å². The lowest BCUT2D eigenvalue weighted by Gasteiger charge is -2.07. The average molecular weight is 320 g/mol. The van der Waals surface area contributed by atoms with Gasteiger partial charge in [0.1, 0.15) is 12.4 Å². The maximum atomic E-state index is 11.9. The van der Waals surface area contributed by atoms with Gasteiger partial charge in [-0.05, 0) is 30.7 Å². The van der Waals surface area contributed by atoms with E-state index in [-0.39, 0.29) is 12.5 Å². The van der Waals surface area contributed by atoms with Crippen LogP contribution in [-0.2, 0) is 11.2 Å². The highest BCUT2D eigenvalue weighted by molar-refractivity contribution is 7.16. The number of nitrogens with one attached hydrogen (secondary N) is 1. The number of terminal acetylenes is 1. The number of thiophene rings is 1. The van der Waals surface area contributed by atoms with Crippen molar-refractivity contribution in [3.63, 3.8) is 0 Å². The van der Waals surface area contributed by atoms with Crippen LogP contribution in [0.15, 0.2) is 36.4 Å². The van der Waals surface area contributed by atoms with Crippen molar-refractivity contribution in [1.82, 2.24) is 0 Å². The molecule has 108 valence electrons. The maximum Gasteiger partial charge on any atom is 0.224 e. The molecule has 0 saturated heterocycles. The van der Waals surface area contributed by atoms with E-state index in [1.54, 1.807) is 18.2 Å². The molecule has 0 saturated carbocycles. The molecule has 1 aromatic heterocycles. The highest BCUT2D eigenvalue weighted by Gasteiger charge is 2.05. The van der Waals surface area contributed by atoms with Crippen LogP contribution in [0, 0.1) is 12.3 Å². The Kier molecular flexibility index (Phi) is 5.68. The van der Waals surface area contributed by atoms with Gasteiger partial charge >= 0.3 is 0 Å². The van der Waals surface area contributed by atoms with Gasteiger partial charge in [-0.25, -0.2) is 0 Å². The number of benzene rings is 1. The predicted octanol–water partition coefficient (Wildman–Crippen LogP) is 3.98. The largest absolute Gasteiger partial charge is 0.481 e. The van der Waals surface area contributed by atoms with E-state index in [4.69, 9.17) is 22.8 Å². The molecule has 0 radical (unpaired) electrons. The van der Waals surface area contributed by atoms with E-state index >= 15 is 0 Å². The summed E-state index contributed by atoms with van der Waals surface area (Å²) >= 11 is 7.35. The van der Waals surface area contributed by atoms with Gasteiger partial charge in [0, 0.05) is 23.1 Å². The molecule has 1 N–H and O–H groups in total. The average Bonchev–Trinajstić information content (AvgIpc) is 2.89. The summed E-state index contributed by atoms with van der Waals surface area (Å²) in [6.45, 7) is 0.205. The van der Waals surface area contributed by atoms with Gasteiger partial charge in [-0.15, -0.1) is 17.8 Å². The monoisotopic (exact) mass is 319 g/mol. The van der Waals surface area contributed by atoms with Crippen molar-refractivity contribution in [2.75, 3.05) is 11.9 Å². The van der Waals surface area contributed by atoms with Crippen LogP contribution in [0.1, 0.15) is 11.3 Å². The van der Waals surface area contributed by atoms with E-state index in [1.165, 1.54) is 11.3 Å². The van der Waals surface area contributed by atoms with Crippen molar-refractivity contribution in [1.29, 1.82) is 0 Å². The molecule has 0 atom stereocenters. The Balaban J connectivity index is 1.86. The molecule has 0 aliphatic rings. The minimum absolute atomic E-state index is 0.0476. The molecule has 5 heteroatoms. The lowest BCUT2D eigenvalue weighted by molar-refractivity contribution is -0.116. The number of amides is 1. The van der Waals surface area contributed by atoms with Gasteiger partial charge in [-0.2, -0.15) is 0 Å². The fraction of sp³-hybridized carbons (Fsp3) is 0.188. The normalized spacial score (nSPS) is 9.90. The van der Waals surface area contributed by atoms with Crippen LogP contribution in [0.5, 0.6) is 5.75 Å². The first-order valence-corrected chi connectivity index (χ1v) is 7.57. The number of hydrogen-bond donors (Lipinski definition) is 1. The molecular weight excluding hydrogens is 306 g/mol. The van der Waals surface area contributed by atoms with Crippen molar-refractivity contribution in [2.45, 2.75) is 12.8 Å². The van der Waals surface area contributed by atoms with Crippen LogP contribution in [-0.4, -0.2) is 12.5 Å². The Bertz CT molecular complexity index is 660. The van der Waals surface area contributed by atoms with Gasteiger partial charge in [0.05, 0.1) is 4.34 Å². The maximum absolute atomic E-state index is 11.9. The third kappa shape index (κ3) is 5.14. The second-order valence-electron chi connectivity index (χ2n) is 4.27. The van der Waals surface area contributed by atoms with Gasteiger partial charge in [-0.3, -0.25) is 4.79 Å². The molecule has 3 nitrogen and oxygen atoms in total. The highest BCUT2D eigenvalue weighted by Crippen LogP contribution is 2.23. The van der Waals surface area contributed by atoms with Crippen molar-refractivity contribution in [2.24, 2.45) is 0 Å². The number of carbonyl (C=O) groups excluding carboxylic acids is 1. The minimum atomic E-state index is -0.0476. The first-order chi connectivity index (χ1) is 10.2. The fourth-order valence-corrected chi connectivity index (χ4v) is 2.82. The Morgan fingerprint density at radius 3 is 2.95 bits per heavy atom. The molecule has 2 aromatic rings. The van der Waals surface area contributed by atoms with E-state index in [2.05, 4.69) is 11.2 Å². The van der Waals surface area contributed by atoms with E-state index in [0.29, 0.717) is 24.3 Å². The topological polar surface area (TPSA) is 38.3 Å². The number of aryl methyl sites for hydroxylation is 1. The van der Waals surface area contributed by atoms with Gasteiger partial charge in [0.2, 0.25) is 5.91 Å². The molecule has 1 heterocycles. The summed E-state index contributed by atoms with van der Waals surface area (Å²) in [5, 5.41) is 2.84. The zero-order chi connectivity index (χ0) is 15.1. The Morgan fingerprint density at radius 1 is 1.38 bits per heavy atom. The first-order valence-electron chi connectivity index (χ1n) is 6.38. The molecular formula is C16H14ClNO2S. The molecule has 1 amide bonds. The number of rotatable bonds is 6. The number of hydrogen-bond acceptors (Lipinski definition) is 3. The Labute approximate surface area is 132 Å². The molecule has 0 fully saturated rings. The van der Waals surface area contributed by atoms with Crippen LogP contribution < -0.4 is 10.1 Å². The Morgan fingerprint density at radius 2 is 2.24 bits per heavy atom. The third-order valence-electron chi connectivity index (χ3n) is 2.67. The molecule has 0 unspecified atom stereocenters. The quantitative estimate of drug-likeness (QED) is 0.818. The molecule has 21 heavy (non-hydrogen) atoms. The van der Waals surface area contributed by atoms with E-state index in [1.807, 2.05) is 18.2 Å². The molecule has 2 rings (SSSR count). The van der Waals surface area contributed by atoms with Gasteiger partial charge < -0.3 is 10.1 Å². The van der Waals surface area contributed by atoms with Crippen LogP contribution >= 0.6 is 22.9 Å². The van der Waals surface area contributed by atoms with Crippen molar-refractivity contribution in [3.05, 3.63) is 45.6 Å². The third-order valence-corrected chi connectivity index (χ3v) is 3.96. The smallest absolute Gasteiger partial charge is 0.224 e. The number of halogens is 1. The summed E-state index contributed by atoms with van der Waals surface area (Å²) in [7, 11) is 0. The summed E-state index contributed by atoms with van der Waals surface area (Å²) in [6.07, 6.45) is 6.22. The van der Waals surface area contributed by atoms with Gasteiger partial charge in [0.25, 0.3) is 0 Å². The lowest BCUT2D eigenvalue weighted by Crippen LogP contribution is -2.12. The number of anilines is 1. The number of carbonyl (C=O) groups is 1. The lowest BCUT2D eigenvalue weighted by atomic mass is 10.2. The minimum Gasteiger partial charge on any atom is -0.481 e. The first kappa shape index (κ1) is 15.4. The Hall–Kier alpha value is -1.96. The molecule has 1 aromatic carbocycles. The van der Waals surface area contributed by atoms with Crippen molar-refractivity contribution < 1.29 is 9.53 Å². The molecule has 0 bridgehead atoms. The van der Waals surface area contributed by atoms with Crippen molar-refractivity contribution in [3.8, 4) is 18.1 Å². The van der Waals surface area contributed by atoms with E-state index in [0.717, 1.165) is 9.21 Å². The standard InChI is InChI=1S/C16H14ClNO2S/c1-2-10-20-13-5-3-4-12(11-13)18-16(19)9-7-14-6-8-15(17)21-14/h1,3-6,8,11H,7,9-10H2,(H,18,19). The summed E-state index contributed by atoms with van der Waals surface area (Å²) in [5.41, 5.74) is 0.693. The highest BCUT2D eigenvalue weighted by atomic mass is 35.5. The zero-order valence-electron chi connectivity index (χ0n) is 11.3. The second-order valence-corrected chi connectivity index (χ2v) is 6.07. The molecule has 0 aliphatic carbocycles.